The molecule has 5 heteroatoms. The molecule has 0 saturated carbocycles. The van der Waals surface area contributed by atoms with Crippen LogP contribution in [0.5, 0.6) is 5.75 Å². The van der Waals surface area contributed by atoms with Crippen molar-refractivity contribution in [3.05, 3.63) is 66.0 Å². The lowest BCUT2D eigenvalue weighted by atomic mass is 10.1. The zero-order chi connectivity index (χ0) is 16.2. The average molecular weight is 304 g/mol. The third-order valence-corrected chi connectivity index (χ3v) is 3.42. The summed E-state index contributed by atoms with van der Waals surface area (Å²) in [5.74, 6) is 0.0726. The summed E-state index contributed by atoms with van der Waals surface area (Å²) >= 11 is 0. The van der Waals surface area contributed by atoms with Crippen LogP contribution >= 0.6 is 0 Å². The molecular formula is C18H16N4O. The van der Waals surface area contributed by atoms with Crippen molar-refractivity contribution in [3.63, 3.8) is 0 Å². The van der Waals surface area contributed by atoms with E-state index in [1.807, 2.05) is 62.4 Å². The molecule has 0 aliphatic carbocycles. The molecule has 0 aliphatic heterocycles. The summed E-state index contributed by atoms with van der Waals surface area (Å²) in [7, 11) is 0. The summed E-state index contributed by atoms with van der Waals surface area (Å²) in [6.45, 7) is 4.01. The van der Waals surface area contributed by atoms with E-state index >= 15 is 0 Å². The molecular weight excluding hydrogens is 288 g/mol. The predicted molar refractivity (Wildman–Crippen MR) is 89.2 cm³/mol. The molecule has 1 N–H and O–H groups in total. The third-order valence-electron chi connectivity index (χ3n) is 3.42. The molecule has 1 aromatic heterocycles. The molecule has 0 bridgehead atoms. The highest BCUT2D eigenvalue weighted by molar-refractivity contribution is 5.70. The van der Waals surface area contributed by atoms with Crippen LogP contribution in [0.4, 0.5) is 11.5 Å². The van der Waals surface area contributed by atoms with Crippen LogP contribution in [0.25, 0.3) is 11.3 Å². The molecule has 0 aliphatic rings. The molecule has 0 unspecified atom stereocenters. The highest BCUT2D eigenvalue weighted by atomic mass is 16.3. The molecule has 0 amide bonds. The fraction of sp³-hybridized carbons (Fsp3) is 0.111. The van der Waals surface area contributed by atoms with E-state index in [4.69, 9.17) is 0 Å². The maximum atomic E-state index is 10.4. The SMILES string of the molecule is Cc1ccc(N=Nc2ncnc(-c3ccc(C)cc3)c2O)cc1. The standard InChI is InChI=1S/C18H16N4O/c1-12-3-7-14(8-4-12)16-17(23)18(20-11-19-16)22-21-15-9-5-13(2)6-10-15/h3-11,23H,1-2H3. The third kappa shape index (κ3) is 3.40. The van der Waals surface area contributed by atoms with Gasteiger partial charge in [-0.3, -0.25) is 0 Å². The van der Waals surface area contributed by atoms with Crippen LogP contribution in [0.15, 0.2) is 65.1 Å². The molecule has 1 heterocycles. The van der Waals surface area contributed by atoms with Gasteiger partial charge in [0.15, 0.2) is 5.75 Å². The second-order valence-corrected chi connectivity index (χ2v) is 5.30. The Labute approximate surface area is 134 Å². The minimum atomic E-state index is -0.0767. The molecule has 0 spiro atoms. The van der Waals surface area contributed by atoms with Gasteiger partial charge < -0.3 is 5.11 Å². The highest BCUT2D eigenvalue weighted by Crippen LogP contribution is 2.34. The molecule has 0 radical (unpaired) electrons. The monoisotopic (exact) mass is 304 g/mol. The lowest BCUT2D eigenvalue weighted by Crippen LogP contribution is -1.87. The number of benzene rings is 2. The van der Waals surface area contributed by atoms with Crippen LogP contribution in [0.1, 0.15) is 11.1 Å². The van der Waals surface area contributed by atoms with Crippen molar-refractivity contribution in [1.29, 1.82) is 0 Å². The Morgan fingerprint density at radius 2 is 1.39 bits per heavy atom. The minimum absolute atomic E-state index is 0.0767. The summed E-state index contributed by atoms with van der Waals surface area (Å²) in [6.07, 6.45) is 1.37. The molecule has 2 aromatic carbocycles. The molecule has 114 valence electrons. The van der Waals surface area contributed by atoms with E-state index in [2.05, 4.69) is 20.2 Å². The van der Waals surface area contributed by atoms with E-state index in [0.717, 1.165) is 16.7 Å². The second-order valence-electron chi connectivity index (χ2n) is 5.30. The Kier molecular flexibility index (Phi) is 4.10. The summed E-state index contributed by atoms with van der Waals surface area (Å²) in [6, 6.07) is 15.3. The molecule has 0 atom stereocenters. The molecule has 5 nitrogen and oxygen atoms in total. The van der Waals surface area contributed by atoms with Crippen LogP contribution in [-0.2, 0) is 0 Å². The molecule has 23 heavy (non-hydrogen) atoms. The largest absolute Gasteiger partial charge is 0.503 e. The second kappa shape index (κ2) is 6.36. The van der Waals surface area contributed by atoms with Gasteiger partial charge in [0, 0.05) is 5.56 Å². The van der Waals surface area contributed by atoms with Crippen molar-refractivity contribution in [2.45, 2.75) is 13.8 Å². The van der Waals surface area contributed by atoms with Crippen LogP contribution < -0.4 is 0 Å². The van der Waals surface area contributed by atoms with Crippen molar-refractivity contribution < 1.29 is 5.11 Å². The lowest BCUT2D eigenvalue weighted by molar-refractivity contribution is 0.473. The van der Waals surface area contributed by atoms with Gasteiger partial charge in [-0.1, -0.05) is 47.5 Å². The summed E-state index contributed by atoms with van der Waals surface area (Å²) in [5.41, 5.74) is 4.24. The number of nitrogens with zero attached hydrogens (tertiary/aromatic N) is 4. The number of azo groups is 1. The van der Waals surface area contributed by atoms with Gasteiger partial charge in [-0.15, -0.1) is 10.2 Å². The first kappa shape index (κ1) is 14.8. The zero-order valence-electron chi connectivity index (χ0n) is 12.9. The zero-order valence-corrected chi connectivity index (χ0v) is 12.9. The van der Waals surface area contributed by atoms with Crippen molar-refractivity contribution in [2.24, 2.45) is 10.2 Å². The van der Waals surface area contributed by atoms with Gasteiger partial charge in [0.25, 0.3) is 0 Å². The van der Waals surface area contributed by atoms with Crippen molar-refractivity contribution in [1.82, 2.24) is 9.97 Å². The number of aromatic hydroxyl groups is 1. The van der Waals surface area contributed by atoms with Gasteiger partial charge in [0.1, 0.15) is 12.0 Å². The Balaban J connectivity index is 1.93. The molecule has 3 rings (SSSR count). The van der Waals surface area contributed by atoms with Gasteiger partial charge in [0.2, 0.25) is 5.82 Å². The molecule has 0 saturated heterocycles. The van der Waals surface area contributed by atoms with Crippen LogP contribution in [0.2, 0.25) is 0 Å². The van der Waals surface area contributed by atoms with E-state index in [0.29, 0.717) is 11.4 Å². The van der Waals surface area contributed by atoms with Crippen LogP contribution in [0, 0.1) is 13.8 Å². The summed E-state index contributed by atoms with van der Waals surface area (Å²) in [4.78, 5) is 8.14. The highest BCUT2D eigenvalue weighted by Gasteiger charge is 2.11. The lowest BCUT2D eigenvalue weighted by Gasteiger charge is -2.05. The number of hydrogen-bond acceptors (Lipinski definition) is 5. The quantitative estimate of drug-likeness (QED) is 0.701. The normalized spacial score (nSPS) is 11.0. The Bertz CT molecular complexity index is 840. The van der Waals surface area contributed by atoms with Gasteiger partial charge in [-0.25, -0.2) is 9.97 Å². The first-order chi connectivity index (χ1) is 11.1. The number of aryl methyl sites for hydroxylation is 2. The first-order valence-electron chi connectivity index (χ1n) is 7.23. The van der Waals surface area contributed by atoms with E-state index in [1.165, 1.54) is 6.33 Å². The van der Waals surface area contributed by atoms with E-state index in [9.17, 15) is 5.11 Å². The van der Waals surface area contributed by atoms with Gasteiger partial charge >= 0.3 is 0 Å². The fourth-order valence-electron chi connectivity index (χ4n) is 2.08. The minimum Gasteiger partial charge on any atom is -0.503 e. The Morgan fingerprint density at radius 1 is 0.783 bits per heavy atom. The fourth-order valence-corrected chi connectivity index (χ4v) is 2.08. The molecule has 3 aromatic rings. The van der Waals surface area contributed by atoms with Gasteiger partial charge in [-0.2, -0.15) is 0 Å². The number of rotatable bonds is 3. The topological polar surface area (TPSA) is 70.7 Å². The first-order valence-corrected chi connectivity index (χ1v) is 7.23. The summed E-state index contributed by atoms with van der Waals surface area (Å²) in [5, 5.41) is 18.5. The molecule has 0 fully saturated rings. The van der Waals surface area contributed by atoms with E-state index in [1.54, 1.807) is 0 Å². The van der Waals surface area contributed by atoms with E-state index in [-0.39, 0.29) is 11.6 Å². The van der Waals surface area contributed by atoms with Crippen molar-refractivity contribution in [2.75, 3.05) is 0 Å². The number of hydrogen-bond donors (Lipinski definition) is 1. The summed E-state index contributed by atoms with van der Waals surface area (Å²) < 4.78 is 0. The van der Waals surface area contributed by atoms with E-state index < -0.39 is 0 Å². The van der Waals surface area contributed by atoms with Gasteiger partial charge in [-0.05, 0) is 26.0 Å². The Hall–Kier alpha value is -3.08. The van der Waals surface area contributed by atoms with Gasteiger partial charge in [0.05, 0.1) is 5.69 Å². The van der Waals surface area contributed by atoms with Crippen LogP contribution in [-0.4, -0.2) is 15.1 Å². The maximum absolute atomic E-state index is 10.4. The average Bonchev–Trinajstić information content (AvgIpc) is 2.56. The number of aromatic nitrogens is 2. The maximum Gasteiger partial charge on any atom is 0.220 e. The smallest absolute Gasteiger partial charge is 0.220 e. The predicted octanol–water partition coefficient (Wildman–Crippen LogP) is 4.88. The van der Waals surface area contributed by atoms with Crippen LogP contribution in [0.3, 0.4) is 0 Å². The van der Waals surface area contributed by atoms with Crippen molar-refractivity contribution >= 4 is 11.5 Å². The van der Waals surface area contributed by atoms with Crippen molar-refractivity contribution in [3.8, 4) is 17.0 Å². The Morgan fingerprint density at radius 3 is 2.04 bits per heavy atom.